The Hall–Kier alpha value is -1.55. The van der Waals surface area contributed by atoms with Crippen LogP contribution in [0.3, 0.4) is 0 Å². The van der Waals surface area contributed by atoms with Gasteiger partial charge in [-0.2, -0.15) is 0 Å². The summed E-state index contributed by atoms with van der Waals surface area (Å²) in [5.74, 6) is 2.24. The zero-order valence-electron chi connectivity index (χ0n) is 14.8. The highest BCUT2D eigenvalue weighted by Gasteiger charge is 2.24. The first kappa shape index (κ1) is 17.8. The highest BCUT2D eigenvalue weighted by atomic mass is 16.5. The molecule has 1 N–H and O–H groups in total. The van der Waals surface area contributed by atoms with Crippen molar-refractivity contribution < 1.29 is 4.74 Å². The van der Waals surface area contributed by atoms with E-state index in [-0.39, 0.29) is 0 Å². The largest absolute Gasteiger partial charge is 0.384 e. The first-order valence-corrected chi connectivity index (χ1v) is 8.81. The Balaban J connectivity index is 1.86. The van der Waals surface area contributed by atoms with Crippen molar-refractivity contribution in [2.75, 3.05) is 39.9 Å². The van der Waals surface area contributed by atoms with Gasteiger partial charge < -0.3 is 15.0 Å². The van der Waals surface area contributed by atoms with Gasteiger partial charge in [0.1, 0.15) is 0 Å². The molecule has 128 valence electrons. The third-order valence-corrected chi connectivity index (χ3v) is 4.51. The van der Waals surface area contributed by atoms with Gasteiger partial charge in [0, 0.05) is 39.2 Å². The Morgan fingerprint density at radius 1 is 1.39 bits per heavy atom. The van der Waals surface area contributed by atoms with Crippen LogP contribution in [-0.4, -0.2) is 50.8 Å². The fourth-order valence-corrected chi connectivity index (χ4v) is 3.13. The van der Waals surface area contributed by atoms with E-state index < -0.39 is 0 Å². The number of hydrogen-bond acceptors (Lipinski definition) is 2. The molecule has 0 amide bonds. The third kappa shape index (κ3) is 5.54. The topological polar surface area (TPSA) is 36.9 Å². The maximum absolute atomic E-state index is 5.29. The Morgan fingerprint density at radius 2 is 2.17 bits per heavy atom. The van der Waals surface area contributed by atoms with E-state index in [1.807, 2.05) is 0 Å². The molecule has 1 aliphatic rings. The summed E-state index contributed by atoms with van der Waals surface area (Å²) >= 11 is 0. The van der Waals surface area contributed by atoms with E-state index in [4.69, 9.17) is 9.73 Å². The van der Waals surface area contributed by atoms with Crippen molar-refractivity contribution >= 4 is 5.96 Å². The van der Waals surface area contributed by atoms with Crippen LogP contribution in [0.5, 0.6) is 0 Å². The molecule has 1 aromatic rings. The van der Waals surface area contributed by atoms with Crippen LogP contribution in [0.4, 0.5) is 0 Å². The van der Waals surface area contributed by atoms with E-state index in [0.717, 1.165) is 45.2 Å². The molecule has 1 fully saturated rings. The maximum atomic E-state index is 5.29. The number of methoxy groups -OCH3 is 1. The van der Waals surface area contributed by atoms with E-state index >= 15 is 0 Å². The highest BCUT2D eigenvalue weighted by Crippen LogP contribution is 2.19. The SMILES string of the molecule is CCNC(=NCCC(C)c1ccccc1)N1CCC(COC)C1. The monoisotopic (exact) mass is 317 g/mol. The van der Waals surface area contributed by atoms with Crippen LogP contribution in [0.1, 0.15) is 38.2 Å². The predicted molar refractivity (Wildman–Crippen MR) is 97.0 cm³/mol. The summed E-state index contributed by atoms with van der Waals surface area (Å²) in [4.78, 5) is 7.22. The summed E-state index contributed by atoms with van der Waals surface area (Å²) in [5, 5.41) is 3.44. The Kier molecular flexibility index (Phi) is 7.40. The molecule has 0 bridgehead atoms. The molecule has 23 heavy (non-hydrogen) atoms. The normalized spacial score (nSPS) is 19.9. The van der Waals surface area contributed by atoms with Gasteiger partial charge in [0.25, 0.3) is 0 Å². The van der Waals surface area contributed by atoms with Crippen LogP contribution in [0, 0.1) is 5.92 Å². The van der Waals surface area contributed by atoms with Crippen molar-refractivity contribution in [2.45, 2.75) is 32.6 Å². The lowest BCUT2D eigenvalue weighted by Gasteiger charge is -2.22. The number of likely N-dealkylation sites (tertiary alicyclic amines) is 1. The molecule has 2 atom stereocenters. The molecule has 1 aromatic carbocycles. The number of nitrogens with one attached hydrogen (secondary N) is 1. The summed E-state index contributed by atoms with van der Waals surface area (Å²) in [7, 11) is 1.78. The predicted octanol–water partition coefficient (Wildman–Crippen LogP) is 3.11. The second-order valence-electron chi connectivity index (χ2n) is 6.39. The first-order valence-electron chi connectivity index (χ1n) is 8.81. The van der Waals surface area contributed by atoms with E-state index in [2.05, 4.69) is 54.4 Å². The van der Waals surface area contributed by atoms with Crippen LogP contribution in [0.15, 0.2) is 35.3 Å². The Labute approximate surface area is 140 Å². The van der Waals surface area contributed by atoms with Crippen LogP contribution in [-0.2, 0) is 4.74 Å². The number of nitrogens with zero attached hydrogens (tertiary/aromatic N) is 2. The van der Waals surface area contributed by atoms with Gasteiger partial charge >= 0.3 is 0 Å². The second kappa shape index (κ2) is 9.56. The Morgan fingerprint density at radius 3 is 2.87 bits per heavy atom. The highest BCUT2D eigenvalue weighted by molar-refractivity contribution is 5.80. The van der Waals surface area contributed by atoms with Crippen LogP contribution in [0.25, 0.3) is 0 Å². The number of aliphatic imine (C=N–C) groups is 1. The van der Waals surface area contributed by atoms with Gasteiger partial charge in [-0.1, -0.05) is 37.3 Å². The van der Waals surface area contributed by atoms with Crippen LogP contribution >= 0.6 is 0 Å². The zero-order chi connectivity index (χ0) is 16.5. The molecular formula is C19H31N3O. The van der Waals surface area contributed by atoms with Crippen LogP contribution in [0.2, 0.25) is 0 Å². The first-order chi connectivity index (χ1) is 11.2. The molecule has 0 aliphatic carbocycles. The lowest BCUT2D eigenvalue weighted by Crippen LogP contribution is -2.40. The average molecular weight is 317 g/mol. The minimum atomic E-state index is 0.544. The van der Waals surface area contributed by atoms with Crippen molar-refractivity contribution in [3.05, 3.63) is 35.9 Å². The summed E-state index contributed by atoms with van der Waals surface area (Å²) in [5.41, 5.74) is 1.40. The molecular weight excluding hydrogens is 286 g/mol. The molecule has 1 aliphatic heterocycles. The average Bonchev–Trinajstić information content (AvgIpc) is 3.03. The number of guanidine groups is 1. The van der Waals surface area contributed by atoms with Gasteiger partial charge in [0.05, 0.1) is 6.61 Å². The standard InChI is InChI=1S/C19H31N3O/c1-4-20-19(22-13-11-17(14-22)15-23-3)21-12-10-16(2)18-8-6-5-7-9-18/h5-9,16-17H,4,10-15H2,1-3H3,(H,20,21). The van der Waals surface area contributed by atoms with Gasteiger partial charge in [-0.25, -0.2) is 0 Å². The van der Waals surface area contributed by atoms with Gasteiger partial charge in [-0.3, -0.25) is 4.99 Å². The molecule has 2 unspecified atom stereocenters. The molecule has 1 saturated heterocycles. The van der Waals surface area contributed by atoms with Crippen molar-refractivity contribution in [3.63, 3.8) is 0 Å². The fourth-order valence-electron chi connectivity index (χ4n) is 3.13. The van der Waals surface area contributed by atoms with Gasteiger partial charge in [-0.05, 0) is 31.2 Å². The van der Waals surface area contributed by atoms with Crippen molar-refractivity contribution in [1.82, 2.24) is 10.2 Å². The molecule has 1 heterocycles. The molecule has 4 nitrogen and oxygen atoms in total. The van der Waals surface area contributed by atoms with Crippen molar-refractivity contribution in [1.29, 1.82) is 0 Å². The number of benzene rings is 1. The smallest absolute Gasteiger partial charge is 0.193 e. The van der Waals surface area contributed by atoms with Gasteiger partial charge in [0.2, 0.25) is 0 Å². The lowest BCUT2D eigenvalue weighted by atomic mass is 9.98. The Bertz CT molecular complexity index is 475. The number of ether oxygens (including phenoxy) is 1. The number of hydrogen-bond donors (Lipinski definition) is 1. The summed E-state index contributed by atoms with van der Waals surface area (Å²) < 4.78 is 5.29. The van der Waals surface area contributed by atoms with E-state index in [1.165, 1.54) is 12.0 Å². The fraction of sp³-hybridized carbons (Fsp3) is 0.632. The molecule has 0 saturated carbocycles. The zero-order valence-corrected chi connectivity index (χ0v) is 14.8. The summed E-state index contributed by atoms with van der Waals surface area (Å²) in [6.45, 7) is 9.17. The molecule has 4 heteroatoms. The van der Waals surface area contributed by atoms with Crippen molar-refractivity contribution in [3.8, 4) is 0 Å². The molecule has 0 radical (unpaired) electrons. The third-order valence-electron chi connectivity index (χ3n) is 4.51. The van der Waals surface area contributed by atoms with E-state index in [9.17, 15) is 0 Å². The molecule has 0 aromatic heterocycles. The quantitative estimate of drug-likeness (QED) is 0.620. The van der Waals surface area contributed by atoms with Crippen LogP contribution < -0.4 is 5.32 Å². The number of rotatable bonds is 7. The molecule has 2 rings (SSSR count). The minimum absolute atomic E-state index is 0.544. The van der Waals surface area contributed by atoms with Gasteiger partial charge in [-0.15, -0.1) is 0 Å². The van der Waals surface area contributed by atoms with E-state index in [0.29, 0.717) is 11.8 Å². The molecule has 0 spiro atoms. The lowest BCUT2D eigenvalue weighted by molar-refractivity contribution is 0.157. The van der Waals surface area contributed by atoms with Crippen molar-refractivity contribution in [2.24, 2.45) is 10.9 Å². The van der Waals surface area contributed by atoms with E-state index in [1.54, 1.807) is 7.11 Å². The second-order valence-corrected chi connectivity index (χ2v) is 6.39. The summed E-state index contributed by atoms with van der Waals surface area (Å²) in [6, 6.07) is 10.7. The summed E-state index contributed by atoms with van der Waals surface area (Å²) in [6.07, 6.45) is 2.27. The minimum Gasteiger partial charge on any atom is -0.384 e. The maximum Gasteiger partial charge on any atom is 0.193 e. The van der Waals surface area contributed by atoms with Gasteiger partial charge in [0.15, 0.2) is 5.96 Å².